The molecule has 7 heteroatoms. The first-order chi connectivity index (χ1) is 7.88. The number of hydrogen-bond acceptors (Lipinski definition) is 3. The van der Waals surface area contributed by atoms with Gasteiger partial charge in [-0.2, -0.15) is 13.2 Å². The molecule has 0 aliphatic heterocycles. The lowest BCUT2D eigenvalue weighted by Gasteiger charge is -2.09. The highest BCUT2D eigenvalue weighted by molar-refractivity contribution is 5.93. The fourth-order valence-electron chi connectivity index (χ4n) is 1.03. The number of alkyl halides is 3. The van der Waals surface area contributed by atoms with Crippen LogP contribution in [0, 0.1) is 0 Å². The normalized spacial score (nSPS) is 11.2. The number of phenolic OH excluding ortho intramolecular Hbond substituents is 1. The number of carbonyl (C=O) groups is 1. The molecule has 1 aromatic rings. The molecule has 0 aliphatic carbocycles. The van der Waals surface area contributed by atoms with Gasteiger partial charge in [0.1, 0.15) is 19.0 Å². The van der Waals surface area contributed by atoms with Gasteiger partial charge in [0.2, 0.25) is 5.91 Å². The second kappa shape index (κ2) is 5.53. The molecule has 0 saturated carbocycles. The number of amides is 1. The quantitative estimate of drug-likeness (QED) is 0.801. The van der Waals surface area contributed by atoms with E-state index in [1.165, 1.54) is 12.1 Å². The van der Waals surface area contributed by atoms with Gasteiger partial charge >= 0.3 is 6.18 Å². The molecule has 0 aromatic heterocycles. The lowest BCUT2D eigenvalue weighted by molar-refractivity contribution is -0.174. The Kier molecular flexibility index (Phi) is 4.33. The Balaban J connectivity index is 2.38. The van der Waals surface area contributed by atoms with E-state index in [2.05, 4.69) is 10.1 Å². The van der Waals surface area contributed by atoms with E-state index in [1.807, 2.05) is 0 Å². The van der Waals surface area contributed by atoms with E-state index in [4.69, 9.17) is 0 Å². The first-order valence-corrected chi connectivity index (χ1v) is 4.61. The summed E-state index contributed by atoms with van der Waals surface area (Å²) < 4.78 is 39.3. The van der Waals surface area contributed by atoms with E-state index >= 15 is 0 Å². The molecule has 0 radical (unpaired) electrons. The number of benzene rings is 1. The van der Waals surface area contributed by atoms with Crippen LogP contribution in [0.2, 0.25) is 0 Å². The number of aromatic hydroxyl groups is 1. The lowest BCUT2D eigenvalue weighted by atomic mass is 10.3. The number of rotatable bonds is 4. The van der Waals surface area contributed by atoms with E-state index in [9.17, 15) is 23.1 Å². The number of halogens is 3. The summed E-state index contributed by atoms with van der Waals surface area (Å²) >= 11 is 0. The molecule has 0 aliphatic rings. The van der Waals surface area contributed by atoms with Gasteiger partial charge in [-0.05, 0) is 12.1 Å². The molecule has 0 saturated heterocycles. The summed E-state index contributed by atoms with van der Waals surface area (Å²) in [4.78, 5) is 11.1. The topological polar surface area (TPSA) is 58.6 Å². The summed E-state index contributed by atoms with van der Waals surface area (Å²) in [7, 11) is 0. The van der Waals surface area contributed by atoms with Crippen LogP contribution < -0.4 is 5.32 Å². The molecule has 0 bridgehead atoms. The molecule has 4 nitrogen and oxygen atoms in total. The van der Waals surface area contributed by atoms with Crippen LogP contribution in [0.3, 0.4) is 0 Å². The molecule has 17 heavy (non-hydrogen) atoms. The molecule has 94 valence electrons. The first kappa shape index (κ1) is 13.3. The average Bonchev–Trinajstić information content (AvgIpc) is 2.19. The second-order valence-electron chi connectivity index (χ2n) is 3.17. The van der Waals surface area contributed by atoms with Gasteiger partial charge in [0.05, 0.1) is 5.69 Å². The standard InChI is InChI=1S/C10H10F3NO3/c11-10(12,13)6-17-5-9(16)14-7-3-1-2-4-8(7)15/h1-4,15H,5-6H2,(H,14,16). The SMILES string of the molecule is O=C(COCC(F)(F)F)Nc1ccccc1O. The maximum Gasteiger partial charge on any atom is 0.411 e. The van der Waals surface area contributed by atoms with Crippen molar-refractivity contribution in [3.63, 3.8) is 0 Å². The van der Waals surface area contributed by atoms with Crippen molar-refractivity contribution in [3.05, 3.63) is 24.3 Å². The van der Waals surface area contributed by atoms with E-state index in [1.54, 1.807) is 12.1 Å². The predicted octanol–water partition coefficient (Wildman–Crippen LogP) is 1.91. The van der Waals surface area contributed by atoms with Gasteiger partial charge in [-0.15, -0.1) is 0 Å². The van der Waals surface area contributed by atoms with Gasteiger partial charge in [0.15, 0.2) is 0 Å². The second-order valence-corrected chi connectivity index (χ2v) is 3.17. The van der Waals surface area contributed by atoms with Crippen molar-refractivity contribution in [3.8, 4) is 5.75 Å². The lowest BCUT2D eigenvalue weighted by Crippen LogP contribution is -2.23. The molecule has 0 fully saturated rings. The third kappa shape index (κ3) is 5.21. The van der Waals surface area contributed by atoms with E-state index in [0.717, 1.165) is 0 Å². The average molecular weight is 249 g/mol. The molecule has 2 N–H and O–H groups in total. The zero-order chi connectivity index (χ0) is 12.9. The van der Waals surface area contributed by atoms with Gasteiger partial charge in [0, 0.05) is 0 Å². The van der Waals surface area contributed by atoms with Crippen molar-refractivity contribution >= 4 is 11.6 Å². The van der Waals surface area contributed by atoms with Crippen LogP contribution >= 0.6 is 0 Å². The van der Waals surface area contributed by atoms with E-state index < -0.39 is 25.3 Å². The Morgan fingerprint density at radius 1 is 1.35 bits per heavy atom. The first-order valence-electron chi connectivity index (χ1n) is 4.61. The number of hydrogen-bond donors (Lipinski definition) is 2. The van der Waals surface area contributed by atoms with Gasteiger partial charge in [0.25, 0.3) is 0 Å². The number of para-hydroxylation sites is 2. The molecule has 0 atom stereocenters. The maximum atomic E-state index is 11.7. The Hall–Kier alpha value is -1.76. The van der Waals surface area contributed by atoms with Gasteiger partial charge < -0.3 is 15.2 Å². The molecule has 0 heterocycles. The minimum Gasteiger partial charge on any atom is -0.506 e. The summed E-state index contributed by atoms with van der Waals surface area (Å²) in [6, 6.07) is 5.86. The van der Waals surface area contributed by atoms with Crippen LogP contribution in [0.15, 0.2) is 24.3 Å². The Morgan fingerprint density at radius 3 is 2.59 bits per heavy atom. The summed E-state index contributed by atoms with van der Waals surface area (Å²) in [6.07, 6.45) is -4.46. The summed E-state index contributed by atoms with van der Waals surface area (Å²) in [5.41, 5.74) is 0.119. The maximum absolute atomic E-state index is 11.7. The monoisotopic (exact) mass is 249 g/mol. The molecule has 0 unspecified atom stereocenters. The largest absolute Gasteiger partial charge is 0.506 e. The van der Waals surface area contributed by atoms with Crippen molar-refractivity contribution in [1.29, 1.82) is 0 Å². The number of carbonyl (C=O) groups excluding carboxylic acids is 1. The highest BCUT2D eigenvalue weighted by Crippen LogP contribution is 2.21. The molecule has 1 amide bonds. The third-order valence-corrected chi connectivity index (χ3v) is 1.68. The van der Waals surface area contributed by atoms with Gasteiger partial charge in [-0.25, -0.2) is 0 Å². The molecule has 1 aromatic carbocycles. The molecule has 0 spiro atoms. The van der Waals surface area contributed by atoms with E-state index in [0.29, 0.717) is 0 Å². The van der Waals surface area contributed by atoms with Crippen molar-refractivity contribution in [2.75, 3.05) is 18.5 Å². The highest BCUT2D eigenvalue weighted by atomic mass is 19.4. The fraction of sp³-hybridized carbons (Fsp3) is 0.300. The fourth-order valence-corrected chi connectivity index (χ4v) is 1.03. The smallest absolute Gasteiger partial charge is 0.411 e. The summed E-state index contributed by atoms with van der Waals surface area (Å²) in [5, 5.41) is 11.5. The van der Waals surface area contributed by atoms with Crippen molar-refractivity contribution < 1.29 is 27.8 Å². The zero-order valence-electron chi connectivity index (χ0n) is 8.62. The molecular weight excluding hydrogens is 239 g/mol. The van der Waals surface area contributed by atoms with E-state index in [-0.39, 0.29) is 11.4 Å². The minimum absolute atomic E-state index is 0.119. The van der Waals surface area contributed by atoms with Gasteiger partial charge in [-0.3, -0.25) is 4.79 Å². The van der Waals surface area contributed by atoms with Crippen molar-refractivity contribution in [2.24, 2.45) is 0 Å². The van der Waals surface area contributed by atoms with Crippen molar-refractivity contribution in [1.82, 2.24) is 0 Å². The predicted molar refractivity (Wildman–Crippen MR) is 53.6 cm³/mol. The summed E-state index contributed by atoms with van der Waals surface area (Å²) in [6.45, 7) is -2.21. The third-order valence-electron chi connectivity index (χ3n) is 1.68. The van der Waals surface area contributed by atoms with Crippen LogP contribution in [-0.2, 0) is 9.53 Å². The Morgan fingerprint density at radius 2 is 2.00 bits per heavy atom. The van der Waals surface area contributed by atoms with Crippen LogP contribution in [0.5, 0.6) is 5.75 Å². The summed E-state index contributed by atoms with van der Waals surface area (Å²) in [5.74, 6) is -0.938. The number of nitrogens with one attached hydrogen (secondary N) is 1. The minimum atomic E-state index is -4.46. The van der Waals surface area contributed by atoms with Crippen LogP contribution in [0.4, 0.5) is 18.9 Å². The zero-order valence-corrected chi connectivity index (χ0v) is 8.62. The molecule has 1 rings (SSSR count). The van der Waals surface area contributed by atoms with Crippen LogP contribution in [0.1, 0.15) is 0 Å². The van der Waals surface area contributed by atoms with Gasteiger partial charge in [-0.1, -0.05) is 12.1 Å². The Labute approximate surface area is 95.0 Å². The number of anilines is 1. The molecular formula is C10H10F3NO3. The highest BCUT2D eigenvalue weighted by Gasteiger charge is 2.27. The van der Waals surface area contributed by atoms with Crippen LogP contribution in [-0.4, -0.2) is 30.4 Å². The number of phenols is 1. The van der Waals surface area contributed by atoms with Crippen LogP contribution in [0.25, 0.3) is 0 Å². The van der Waals surface area contributed by atoms with Crippen molar-refractivity contribution in [2.45, 2.75) is 6.18 Å². The Bertz CT molecular complexity index is 393. The number of ether oxygens (including phenoxy) is 1.